The van der Waals surface area contributed by atoms with E-state index in [4.69, 9.17) is 4.74 Å². The molecule has 26 heavy (non-hydrogen) atoms. The SMILES string of the molecule is CC(=O)Nc1nccnc1NC(C)c1cc(C)c(OCC(F)F)c(C)c1. The number of aromatic nitrogens is 2. The molecule has 0 aliphatic rings. The molecule has 8 heteroatoms. The third-order valence-corrected chi connectivity index (χ3v) is 3.68. The number of amides is 1. The van der Waals surface area contributed by atoms with Crippen LogP contribution in [0.15, 0.2) is 24.5 Å². The lowest BCUT2D eigenvalue weighted by Crippen LogP contribution is -2.15. The minimum absolute atomic E-state index is 0.152. The van der Waals surface area contributed by atoms with E-state index >= 15 is 0 Å². The zero-order valence-corrected chi connectivity index (χ0v) is 15.1. The molecule has 1 heterocycles. The number of hydrogen-bond acceptors (Lipinski definition) is 5. The molecule has 6 nitrogen and oxygen atoms in total. The topological polar surface area (TPSA) is 76.1 Å². The maximum atomic E-state index is 12.4. The van der Waals surface area contributed by atoms with Crippen molar-refractivity contribution in [3.63, 3.8) is 0 Å². The molecule has 2 rings (SSSR count). The van der Waals surface area contributed by atoms with Crippen molar-refractivity contribution in [2.75, 3.05) is 17.2 Å². The molecule has 0 aliphatic heterocycles. The van der Waals surface area contributed by atoms with Crippen LogP contribution in [-0.2, 0) is 4.79 Å². The van der Waals surface area contributed by atoms with Gasteiger partial charge in [0.05, 0.1) is 6.04 Å². The highest BCUT2D eigenvalue weighted by molar-refractivity contribution is 5.90. The predicted octanol–water partition coefficient (Wildman–Crippen LogP) is 3.87. The third kappa shape index (κ3) is 5.11. The highest BCUT2D eigenvalue weighted by atomic mass is 19.3. The van der Waals surface area contributed by atoms with Crippen LogP contribution in [0.2, 0.25) is 0 Å². The second kappa shape index (κ2) is 8.55. The summed E-state index contributed by atoms with van der Waals surface area (Å²) in [6.07, 6.45) is 0.501. The maximum Gasteiger partial charge on any atom is 0.272 e. The highest BCUT2D eigenvalue weighted by Gasteiger charge is 2.15. The lowest BCUT2D eigenvalue weighted by Gasteiger charge is -2.20. The molecule has 0 saturated heterocycles. The van der Waals surface area contributed by atoms with Gasteiger partial charge in [0, 0.05) is 19.3 Å². The number of benzene rings is 1. The quantitative estimate of drug-likeness (QED) is 0.780. The first kappa shape index (κ1) is 19.6. The second-order valence-corrected chi connectivity index (χ2v) is 5.99. The largest absolute Gasteiger partial charge is 0.487 e. The van der Waals surface area contributed by atoms with Gasteiger partial charge in [0.15, 0.2) is 11.6 Å². The predicted molar refractivity (Wildman–Crippen MR) is 95.8 cm³/mol. The normalized spacial score (nSPS) is 12.0. The van der Waals surface area contributed by atoms with Crippen LogP contribution in [0.5, 0.6) is 5.75 Å². The Labute approximate surface area is 151 Å². The molecule has 1 unspecified atom stereocenters. The monoisotopic (exact) mass is 364 g/mol. The highest BCUT2D eigenvalue weighted by Crippen LogP contribution is 2.30. The van der Waals surface area contributed by atoms with Gasteiger partial charge in [0.2, 0.25) is 5.91 Å². The first-order valence-corrected chi connectivity index (χ1v) is 8.15. The Kier molecular flexibility index (Phi) is 6.43. The number of ether oxygens (including phenoxy) is 1. The van der Waals surface area contributed by atoms with E-state index in [9.17, 15) is 13.6 Å². The number of carbonyl (C=O) groups is 1. The summed E-state index contributed by atoms with van der Waals surface area (Å²) in [5.74, 6) is 1.02. The average Bonchev–Trinajstić information content (AvgIpc) is 2.55. The van der Waals surface area contributed by atoms with Gasteiger partial charge in [-0.2, -0.15) is 0 Å². The molecule has 2 aromatic rings. The average molecular weight is 364 g/mol. The smallest absolute Gasteiger partial charge is 0.272 e. The van der Waals surface area contributed by atoms with Gasteiger partial charge < -0.3 is 15.4 Å². The summed E-state index contributed by atoms with van der Waals surface area (Å²) >= 11 is 0. The molecular formula is C18H22F2N4O2. The maximum absolute atomic E-state index is 12.4. The first-order chi connectivity index (χ1) is 12.3. The summed E-state index contributed by atoms with van der Waals surface area (Å²) in [4.78, 5) is 19.6. The molecule has 1 aromatic carbocycles. The van der Waals surface area contributed by atoms with E-state index in [1.165, 1.54) is 19.3 Å². The summed E-state index contributed by atoms with van der Waals surface area (Å²) in [6.45, 7) is 6.32. The molecule has 140 valence electrons. The number of aryl methyl sites for hydroxylation is 2. The van der Waals surface area contributed by atoms with Crippen LogP contribution in [0.3, 0.4) is 0 Å². The van der Waals surface area contributed by atoms with Crippen molar-refractivity contribution in [1.82, 2.24) is 9.97 Å². The molecule has 0 aliphatic carbocycles. The number of rotatable bonds is 7. The van der Waals surface area contributed by atoms with Crippen LogP contribution < -0.4 is 15.4 Å². The number of nitrogens with one attached hydrogen (secondary N) is 2. The zero-order valence-electron chi connectivity index (χ0n) is 15.1. The fourth-order valence-corrected chi connectivity index (χ4v) is 2.60. The molecule has 0 saturated carbocycles. The van der Waals surface area contributed by atoms with Crippen LogP contribution in [-0.4, -0.2) is 28.9 Å². The molecule has 1 amide bonds. The Morgan fingerprint density at radius 2 is 1.73 bits per heavy atom. The van der Waals surface area contributed by atoms with E-state index in [0.29, 0.717) is 17.4 Å². The number of carbonyl (C=O) groups excluding carboxylic acids is 1. The lowest BCUT2D eigenvalue weighted by molar-refractivity contribution is -0.114. The van der Waals surface area contributed by atoms with Gasteiger partial charge in [-0.25, -0.2) is 18.7 Å². The van der Waals surface area contributed by atoms with E-state index in [-0.39, 0.29) is 11.9 Å². The van der Waals surface area contributed by atoms with Crippen molar-refractivity contribution in [2.45, 2.75) is 40.2 Å². The number of halogens is 2. The van der Waals surface area contributed by atoms with Crippen LogP contribution in [0.1, 0.15) is 36.6 Å². The molecule has 0 bridgehead atoms. The van der Waals surface area contributed by atoms with Crippen molar-refractivity contribution in [1.29, 1.82) is 0 Å². The zero-order chi connectivity index (χ0) is 19.3. The Morgan fingerprint density at radius 3 is 2.27 bits per heavy atom. The minimum atomic E-state index is -2.52. The molecule has 2 N–H and O–H groups in total. The van der Waals surface area contributed by atoms with Crippen LogP contribution >= 0.6 is 0 Å². The van der Waals surface area contributed by atoms with Gasteiger partial charge >= 0.3 is 0 Å². The molecule has 1 aromatic heterocycles. The van der Waals surface area contributed by atoms with Crippen molar-refractivity contribution >= 4 is 17.5 Å². The van der Waals surface area contributed by atoms with E-state index in [1.807, 2.05) is 32.9 Å². The van der Waals surface area contributed by atoms with Crippen molar-refractivity contribution in [2.24, 2.45) is 0 Å². The molecule has 0 spiro atoms. The Bertz CT molecular complexity index is 761. The molecular weight excluding hydrogens is 342 g/mol. The van der Waals surface area contributed by atoms with Crippen molar-refractivity contribution < 1.29 is 18.3 Å². The van der Waals surface area contributed by atoms with Crippen LogP contribution in [0.25, 0.3) is 0 Å². The van der Waals surface area contributed by atoms with Gasteiger partial charge in [0.25, 0.3) is 6.43 Å². The van der Waals surface area contributed by atoms with Gasteiger partial charge in [0.1, 0.15) is 12.4 Å². The Hall–Kier alpha value is -2.77. The van der Waals surface area contributed by atoms with Gasteiger partial charge in [-0.3, -0.25) is 4.79 Å². The Balaban J connectivity index is 2.20. The summed E-state index contributed by atoms with van der Waals surface area (Å²) in [7, 11) is 0. The lowest BCUT2D eigenvalue weighted by atomic mass is 10.0. The molecule has 1 atom stereocenters. The number of alkyl halides is 2. The summed E-state index contributed by atoms with van der Waals surface area (Å²) in [6, 6.07) is 3.60. The van der Waals surface area contributed by atoms with E-state index in [0.717, 1.165) is 16.7 Å². The van der Waals surface area contributed by atoms with Gasteiger partial charge in [-0.15, -0.1) is 0 Å². The number of nitrogens with zero attached hydrogens (tertiary/aromatic N) is 2. The summed E-state index contributed by atoms with van der Waals surface area (Å²) in [5, 5.41) is 5.83. The summed E-state index contributed by atoms with van der Waals surface area (Å²) in [5.41, 5.74) is 2.48. The second-order valence-electron chi connectivity index (χ2n) is 5.99. The fourth-order valence-electron chi connectivity index (χ4n) is 2.60. The van der Waals surface area contributed by atoms with E-state index < -0.39 is 13.0 Å². The minimum Gasteiger partial charge on any atom is -0.487 e. The Morgan fingerprint density at radius 1 is 1.15 bits per heavy atom. The number of anilines is 2. The molecule has 0 radical (unpaired) electrons. The van der Waals surface area contributed by atoms with E-state index in [2.05, 4.69) is 20.6 Å². The van der Waals surface area contributed by atoms with Gasteiger partial charge in [-0.1, -0.05) is 12.1 Å². The van der Waals surface area contributed by atoms with Crippen molar-refractivity contribution in [3.05, 3.63) is 41.2 Å². The summed E-state index contributed by atoms with van der Waals surface area (Å²) < 4.78 is 30.0. The number of hydrogen-bond donors (Lipinski definition) is 2. The van der Waals surface area contributed by atoms with Crippen LogP contribution in [0, 0.1) is 13.8 Å². The van der Waals surface area contributed by atoms with E-state index in [1.54, 1.807) is 0 Å². The van der Waals surface area contributed by atoms with Crippen LogP contribution in [0.4, 0.5) is 20.4 Å². The standard InChI is InChI=1S/C18H22F2N4O2/c1-10-7-14(8-11(2)16(10)26-9-15(19)20)12(3)23-17-18(24-13(4)25)22-6-5-21-17/h5-8,12,15H,9H2,1-4H3,(H,21,23)(H,22,24,25). The molecule has 0 fully saturated rings. The first-order valence-electron chi connectivity index (χ1n) is 8.15. The fraction of sp³-hybridized carbons (Fsp3) is 0.389. The van der Waals surface area contributed by atoms with Crippen molar-refractivity contribution in [3.8, 4) is 5.75 Å². The van der Waals surface area contributed by atoms with Gasteiger partial charge in [-0.05, 0) is 37.5 Å². The third-order valence-electron chi connectivity index (χ3n) is 3.68.